The van der Waals surface area contributed by atoms with Gasteiger partial charge in [-0.1, -0.05) is 13.8 Å². The molecule has 0 fully saturated rings. The van der Waals surface area contributed by atoms with Crippen molar-refractivity contribution in [3.05, 3.63) is 0 Å². The van der Waals surface area contributed by atoms with Crippen LogP contribution in [0.15, 0.2) is 0 Å². The molecule has 0 aromatic carbocycles. The number of ketones is 1. The summed E-state index contributed by atoms with van der Waals surface area (Å²) in [4.78, 5) is 20.0. The van der Waals surface area contributed by atoms with Crippen LogP contribution in [0.3, 0.4) is 0 Å². The predicted molar refractivity (Wildman–Crippen MR) is 32.5 cm³/mol. The van der Waals surface area contributed by atoms with Crippen molar-refractivity contribution in [1.82, 2.24) is 6.15 Å². The quantitative estimate of drug-likeness (QED) is 0.535. The molecule has 0 rings (SSSR count). The average molecular weight is 133 g/mol. The summed E-state index contributed by atoms with van der Waals surface area (Å²) in [5, 5.41) is 8.00. The number of carbonyl (C=O) groups excluding carboxylic acids is 1. The zero-order chi connectivity index (χ0) is 6.73. The number of hydrogen-bond acceptors (Lipinski definition) is 3. The molecule has 0 amide bonds. The van der Waals surface area contributed by atoms with E-state index < -0.39 is 17.7 Å². The molecule has 0 atom stereocenters. The van der Waals surface area contributed by atoms with Gasteiger partial charge in [0.05, 0.1) is 0 Å². The first-order valence-electron chi connectivity index (χ1n) is 2.33. The Hall–Kier alpha value is -0.900. The van der Waals surface area contributed by atoms with Crippen molar-refractivity contribution in [2.45, 2.75) is 13.8 Å². The summed E-state index contributed by atoms with van der Waals surface area (Å²) in [6, 6.07) is 0. The summed E-state index contributed by atoms with van der Waals surface area (Å²) in [5.74, 6) is -2.47. The third-order valence-corrected chi connectivity index (χ3v) is 0.735. The fourth-order valence-electron chi connectivity index (χ4n) is 0.247. The van der Waals surface area contributed by atoms with Gasteiger partial charge in [-0.3, -0.25) is 4.79 Å². The average Bonchev–Trinajstić information content (AvgIpc) is 1.64. The highest BCUT2D eigenvalue weighted by molar-refractivity contribution is 6.33. The second-order valence-corrected chi connectivity index (χ2v) is 1.82. The van der Waals surface area contributed by atoms with Gasteiger partial charge in [0.25, 0.3) is 0 Å². The number of carboxylic acids is 1. The molecule has 0 unspecified atom stereocenters. The lowest BCUT2D eigenvalue weighted by Crippen LogP contribution is -2.18. The van der Waals surface area contributed by atoms with Crippen LogP contribution in [0, 0.1) is 5.92 Å². The molecule has 0 spiro atoms. The van der Waals surface area contributed by atoms with Crippen LogP contribution in [0.5, 0.6) is 0 Å². The molecule has 0 aliphatic carbocycles. The number of hydrogen-bond donors (Lipinski definition) is 2. The van der Waals surface area contributed by atoms with Crippen molar-refractivity contribution in [3.63, 3.8) is 0 Å². The minimum atomic E-state index is -1.35. The summed E-state index contributed by atoms with van der Waals surface area (Å²) in [5.41, 5.74) is 0. The van der Waals surface area contributed by atoms with Crippen molar-refractivity contribution in [1.29, 1.82) is 0 Å². The summed E-state index contributed by atoms with van der Waals surface area (Å²) in [6.07, 6.45) is 0. The lowest BCUT2D eigenvalue weighted by atomic mass is 10.1. The molecule has 0 aromatic heterocycles. The summed E-state index contributed by atoms with van der Waals surface area (Å²) >= 11 is 0. The first-order valence-corrected chi connectivity index (χ1v) is 2.33. The molecule has 0 saturated heterocycles. The Morgan fingerprint density at radius 1 is 1.33 bits per heavy atom. The molecule has 0 heterocycles. The Kier molecular flexibility index (Phi) is 4.91. The van der Waals surface area contributed by atoms with E-state index >= 15 is 0 Å². The standard InChI is InChI=1S/C5H8O3.H3N/c1-3(2)4(6)5(7)8;/h3H,1-2H3,(H,7,8);1H3. The van der Waals surface area contributed by atoms with E-state index in [1.807, 2.05) is 0 Å². The summed E-state index contributed by atoms with van der Waals surface area (Å²) in [7, 11) is 0. The molecule has 0 aliphatic rings. The molecular formula is C5H11NO3. The fourth-order valence-corrected chi connectivity index (χ4v) is 0.247. The van der Waals surface area contributed by atoms with Gasteiger partial charge in [0, 0.05) is 5.92 Å². The zero-order valence-electron chi connectivity index (χ0n) is 5.55. The smallest absolute Gasteiger partial charge is 0.372 e. The van der Waals surface area contributed by atoms with Crippen LogP contribution in [-0.4, -0.2) is 16.9 Å². The minimum Gasteiger partial charge on any atom is -0.475 e. The van der Waals surface area contributed by atoms with E-state index in [0.717, 1.165) is 0 Å². The third-order valence-electron chi connectivity index (χ3n) is 0.735. The Labute approximate surface area is 53.5 Å². The Morgan fingerprint density at radius 3 is 1.67 bits per heavy atom. The van der Waals surface area contributed by atoms with Gasteiger partial charge < -0.3 is 11.3 Å². The van der Waals surface area contributed by atoms with E-state index in [0.29, 0.717) is 0 Å². The highest BCUT2D eigenvalue weighted by Crippen LogP contribution is 1.92. The highest BCUT2D eigenvalue weighted by atomic mass is 16.4. The van der Waals surface area contributed by atoms with Gasteiger partial charge in [-0.25, -0.2) is 4.79 Å². The summed E-state index contributed by atoms with van der Waals surface area (Å²) in [6.45, 7) is 3.10. The second kappa shape index (κ2) is 4.03. The van der Waals surface area contributed by atoms with Crippen LogP contribution >= 0.6 is 0 Å². The van der Waals surface area contributed by atoms with Gasteiger partial charge in [0.15, 0.2) is 0 Å². The molecule has 0 aliphatic heterocycles. The molecule has 0 saturated carbocycles. The van der Waals surface area contributed by atoms with E-state index in [1.54, 1.807) is 13.8 Å². The lowest BCUT2D eigenvalue weighted by molar-refractivity contribution is -0.150. The van der Waals surface area contributed by atoms with Gasteiger partial charge in [-0.05, 0) is 0 Å². The molecule has 4 N–H and O–H groups in total. The van der Waals surface area contributed by atoms with Gasteiger partial charge in [-0.2, -0.15) is 0 Å². The second-order valence-electron chi connectivity index (χ2n) is 1.82. The van der Waals surface area contributed by atoms with Crippen LogP contribution in [0.4, 0.5) is 0 Å². The van der Waals surface area contributed by atoms with Crippen molar-refractivity contribution < 1.29 is 14.7 Å². The van der Waals surface area contributed by atoms with Gasteiger partial charge in [-0.15, -0.1) is 0 Å². The molecule has 0 bridgehead atoms. The predicted octanol–water partition coefficient (Wildman–Crippen LogP) is 0.458. The number of rotatable bonds is 2. The Balaban J connectivity index is 0. The largest absolute Gasteiger partial charge is 0.475 e. The lowest BCUT2D eigenvalue weighted by Gasteiger charge is -1.93. The first-order chi connectivity index (χ1) is 3.55. The maximum atomic E-state index is 10.2. The number of carboxylic acid groups (broad SMARTS) is 1. The van der Waals surface area contributed by atoms with Crippen LogP contribution < -0.4 is 6.15 Å². The first kappa shape index (κ1) is 11.0. The molecular weight excluding hydrogens is 122 g/mol. The van der Waals surface area contributed by atoms with Crippen LogP contribution in [0.1, 0.15) is 13.8 Å². The molecule has 4 nitrogen and oxygen atoms in total. The Morgan fingerprint density at radius 2 is 1.67 bits per heavy atom. The normalized spacial score (nSPS) is 8.33. The van der Waals surface area contributed by atoms with E-state index in [-0.39, 0.29) is 6.15 Å². The van der Waals surface area contributed by atoms with E-state index in [2.05, 4.69) is 0 Å². The van der Waals surface area contributed by atoms with Gasteiger partial charge in [0.2, 0.25) is 5.78 Å². The summed E-state index contributed by atoms with van der Waals surface area (Å²) < 4.78 is 0. The van der Waals surface area contributed by atoms with Gasteiger partial charge in [0.1, 0.15) is 0 Å². The zero-order valence-corrected chi connectivity index (χ0v) is 5.55. The number of aliphatic carboxylic acids is 1. The maximum absolute atomic E-state index is 10.2. The van der Waals surface area contributed by atoms with Crippen LogP contribution in [-0.2, 0) is 9.59 Å². The number of Topliss-reactive ketones (excluding diaryl/α,β-unsaturated/α-hetero) is 1. The van der Waals surface area contributed by atoms with Crippen molar-refractivity contribution in [2.24, 2.45) is 5.92 Å². The fraction of sp³-hybridized carbons (Fsp3) is 0.600. The SMILES string of the molecule is CC(C)C(=O)C(=O)O.N. The molecule has 54 valence electrons. The van der Waals surface area contributed by atoms with Crippen molar-refractivity contribution in [2.75, 3.05) is 0 Å². The topological polar surface area (TPSA) is 89.4 Å². The molecule has 9 heavy (non-hydrogen) atoms. The molecule has 0 radical (unpaired) electrons. The van der Waals surface area contributed by atoms with E-state index in [4.69, 9.17) is 5.11 Å². The van der Waals surface area contributed by atoms with Crippen molar-refractivity contribution in [3.8, 4) is 0 Å². The van der Waals surface area contributed by atoms with Crippen LogP contribution in [0.25, 0.3) is 0 Å². The highest BCUT2D eigenvalue weighted by Gasteiger charge is 2.14. The number of carbonyl (C=O) groups is 2. The third kappa shape index (κ3) is 3.66. The monoisotopic (exact) mass is 133 g/mol. The van der Waals surface area contributed by atoms with E-state index in [9.17, 15) is 9.59 Å². The van der Waals surface area contributed by atoms with E-state index in [1.165, 1.54) is 0 Å². The maximum Gasteiger partial charge on any atom is 0.372 e. The van der Waals surface area contributed by atoms with Crippen molar-refractivity contribution >= 4 is 11.8 Å². The van der Waals surface area contributed by atoms with Crippen LogP contribution in [0.2, 0.25) is 0 Å². The minimum absolute atomic E-state index is 0. The Bertz CT molecular complexity index is 119. The molecule has 0 aromatic rings. The molecule has 4 heteroatoms. The van der Waals surface area contributed by atoms with Gasteiger partial charge >= 0.3 is 5.97 Å².